The van der Waals surface area contributed by atoms with Gasteiger partial charge in [-0.2, -0.15) is 0 Å². The van der Waals surface area contributed by atoms with Crippen molar-refractivity contribution in [2.45, 2.75) is 32.4 Å². The van der Waals surface area contributed by atoms with Crippen molar-refractivity contribution >= 4 is 0 Å². The minimum atomic E-state index is -0.554. The summed E-state index contributed by atoms with van der Waals surface area (Å²) < 4.78 is 10.4. The smallest absolute Gasteiger partial charge is 0.124 e. The SMILES string of the molecule is COc1ccc(OC)c(C(O)CCNC(C)C)c1. The van der Waals surface area contributed by atoms with Gasteiger partial charge in [-0.15, -0.1) is 0 Å². The molecular formula is C14H23NO3. The van der Waals surface area contributed by atoms with Gasteiger partial charge in [0.1, 0.15) is 11.5 Å². The largest absolute Gasteiger partial charge is 0.497 e. The topological polar surface area (TPSA) is 50.7 Å². The molecule has 0 saturated heterocycles. The lowest BCUT2D eigenvalue weighted by Gasteiger charge is -2.17. The molecule has 2 N–H and O–H groups in total. The number of hydrogen-bond acceptors (Lipinski definition) is 4. The number of ether oxygens (including phenoxy) is 2. The first-order valence-corrected chi connectivity index (χ1v) is 6.21. The van der Waals surface area contributed by atoms with Crippen LogP contribution in [0.15, 0.2) is 18.2 Å². The van der Waals surface area contributed by atoms with E-state index in [0.717, 1.165) is 17.9 Å². The molecule has 0 aliphatic carbocycles. The van der Waals surface area contributed by atoms with E-state index in [1.165, 1.54) is 0 Å². The molecule has 0 spiro atoms. The first kappa shape index (κ1) is 14.8. The summed E-state index contributed by atoms with van der Waals surface area (Å²) in [5.41, 5.74) is 0.766. The molecule has 0 fully saturated rings. The van der Waals surface area contributed by atoms with Crippen LogP contribution in [0.1, 0.15) is 31.9 Å². The number of hydrogen-bond donors (Lipinski definition) is 2. The van der Waals surface area contributed by atoms with E-state index < -0.39 is 6.10 Å². The van der Waals surface area contributed by atoms with Crippen molar-refractivity contribution in [3.63, 3.8) is 0 Å². The maximum Gasteiger partial charge on any atom is 0.124 e. The summed E-state index contributed by atoms with van der Waals surface area (Å²) in [5.74, 6) is 1.41. The molecular weight excluding hydrogens is 230 g/mol. The van der Waals surface area contributed by atoms with Crippen LogP contribution in [-0.4, -0.2) is 31.9 Å². The lowest BCUT2D eigenvalue weighted by molar-refractivity contribution is 0.161. The van der Waals surface area contributed by atoms with Crippen LogP contribution in [0, 0.1) is 0 Å². The van der Waals surface area contributed by atoms with Crippen LogP contribution in [0.2, 0.25) is 0 Å². The molecule has 0 aliphatic heterocycles. The van der Waals surface area contributed by atoms with E-state index in [1.807, 2.05) is 18.2 Å². The minimum Gasteiger partial charge on any atom is -0.497 e. The first-order chi connectivity index (χ1) is 8.58. The van der Waals surface area contributed by atoms with E-state index in [2.05, 4.69) is 19.2 Å². The predicted molar refractivity (Wildman–Crippen MR) is 72.3 cm³/mol. The van der Waals surface area contributed by atoms with Gasteiger partial charge in [0.2, 0.25) is 0 Å². The van der Waals surface area contributed by atoms with Crippen molar-refractivity contribution in [2.24, 2.45) is 0 Å². The molecule has 18 heavy (non-hydrogen) atoms. The maximum absolute atomic E-state index is 10.2. The second-order valence-corrected chi connectivity index (χ2v) is 4.52. The van der Waals surface area contributed by atoms with Crippen LogP contribution in [0.25, 0.3) is 0 Å². The summed E-state index contributed by atoms with van der Waals surface area (Å²) in [5, 5.41) is 13.5. The van der Waals surface area contributed by atoms with E-state index in [1.54, 1.807) is 14.2 Å². The lowest BCUT2D eigenvalue weighted by Crippen LogP contribution is -2.25. The summed E-state index contributed by atoms with van der Waals surface area (Å²) in [7, 11) is 3.21. The number of methoxy groups -OCH3 is 2. The lowest BCUT2D eigenvalue weighted by atomic mass is 10.0. The fraction of sp³-hybridized carbons (Fsp3) is 0.571. The van der Waals surface area contributed by atoms with Crippen LogP contribution in [-0.2, 0) is 0 Å². The molecule has 0 radical (unpaired) electrons. The van der Waals surface area contributed by atoms with E-state index in [4.69, 9.17) is 9.47 Å². The summed E-state index contributed by atoms with van der Waals surface area (Å²) in [6.07, 6.45) is 0.0862. The second-order valence-electron chi connectivity index (χ2n) is 4.52. The van der Waals surface area contributed by atoms with Crippen molar-refractivity contribution in [3.05, 3.63) is 23.8 Å². The Morgan fingerprint density at radius 3 is 2.50 bits per heavy atom. The van der Waals surface area contributed by atoms with Crippen LogP contribution in [0.3, 0.4) is 0 Å². The number of aliphatic hydroxyl groups is 1. The number of benzene rings is 1. The van der Waals surface area contributed by atoms with Gasteiger partial charge < -0.3 is 19.9 Å². The van der Waals surface area contributed by atoms with Crippen molar-refractivity contribution in [3.8, 4) is 11.5 Å². The fourth-order valence-corrected chi connectivity index (χ4v) is 1.76. The molecule has 1 unspecified atom stereocenters. The van der Waals surface area contributed by atoms with Gasteiger partial charge in [0.05, 0.1) is 20.3 Å². The highest BCUT2D eigenvalue weighted by molar-refractivity contribution is 5.41. The van der Waals surface area contributed by atoms with Crippen molar-refractivity contribution < 1.29 is 14.6 Å². The average Bonchev–Trinajstić information content (AvgIpc) is 2.37. The Hall–Kier alpha value is -1.26. The molecule has 0 aromatic heterocycles. The standard InChI is InChI=1S/C14H23NO3/c1-10(2)15-8-7-13(16)12-9-11(17-3)5-6-14(12)18-4/h5-6,9-10,13,15-16H,7-8H2,1-4H3. The zero-order valence-corrected chi connectivity index (χ0v) is 11.6. The molecule has 0 amide bonds. The number of nitrogens with one attached hydrogen (secondary N) is 1. The third-order valence-electron chi connectivity index (χ3n) is 2.77. The first-order valence-electron chi connectivity index (χ1n) is 6.21. The Kier molecular flexibility index (Phi) is 5.95. The summed E-state index contributed by atoms with van der Waals surface area (Å²) in [6, 6.07) is 5.87. The van der Waals surface area contributed by atoms with Gasteiger partial charge in [0, 0.05) is 11.6 Å². The van der Waals surface area contributed by atoms with Crippen LogP contribution >= 0.6 is 0 Å². The Labute approximate surface area is 109 Å². The monoisotopic (exact) mass is 253 g/mol. The third kappa shape index (κ3) is 4.20. The Morgan fingerprint density at radius 1 is 1.22 bits per heavy atom. The molecule has 0 bridgehead atoms. The highest BCUT2D eigenvalue weighted by Crippen LogP contribution is 2.30. The van der Waals surface area contributed by atoms with Gasteiger partial charge in [-0.3, -0.25) is 0 Å². The quantitative estimate of drug-likeness (QED) is 0.781. The van der Waals surface area contributed by atoms with Gasteiger partial charge in [-0.05, 0) is 31.2 Å². The molecule has 4 heteroatoms. The van der Waals surface area contributed by atoms with Gasteiger partial charge in [0.15, 0.2) is 0 Å². The third-order valence-corrected chi connectivity index (χ3v) is 2.77. The van der Waals surface area contributed by atoms with E-state index in [0.29, 0.717) is 18.2 Å². The zero-order chi connectivity index (χ0) is 13.5. The summed E-state index contributed by atoms with van der Waals surface area (Å²) in [6.45, 7) is 4.93. The molecule has 1 aromatic rings. The van der Waals surface area contributed by atoms with Gasteiger partial charge in [0.25, 0.3) is 0 Å². The molecule has 1 aromatic carbocycles. The molecule has 1 rings (SSSR count). The maximum atomic E-state index is 10.2. The molecule has 0 aliphatic rings. The zero-order valence-electron chi connectivity index (χ0n) is 11.6. The average molecular weight is 253 g/mol. The van der Waals surface area contributed by atoms with E-state index in [-0.39, 0.29) is 0 Å². The summed E-state index contributed by atoms with van der Waals surface area (Å²) >= 11 is 0. The molecule has 1 atom stereocenters. The Bertz CT molecular complexity index is 366. The van der Waals surface area contributed by atoms with Gasteiger partial charge >= 0.3 is 0 Å². The Morgan fingerprint density at radius 2 is 1.94 bits per heavy atom. The normalized spacial score (nSPS) is 12.6. The van der Waals surface area contributed by atoms with Crippen LogP contribution in [0.5, 0.6) is 11.5 Å². The highest BCUT2D eigenvalue weighted by atomic mass is 16.5. The number of aliphatic hydroxyl groups excluding tert-OH is 1. The fourth-order valence-electron chi connectivity index (χ4n) is 1.76. The minimum absolute atomic E-state index is 0.421. The second kappa shape index (κ2) is 7.24. The van der Waals surface area contributed by atoms with Gasteiger partial charge in [-0.1, -0.05) is 13.8 Å². The molecule has 0 heterocycles. The highest BCUT2D eigenvalue weighted by Gasteiger charge is 2.14. The van der Waals surface area contributed by atoms with Crippen LogP contribution < -0.4 is 14.8 Å². The predicted octanol–water partition coefficient (Wildman–Crippen LogP) is 2.13. The molecule has 102 valence electrons. The van der Waals surface area contributed by atoms with Crippen molar-refractivity contribution in [2.75, 3.05) is 20.8 Å². The molecule has 4 nitrogen and oxygen atoms in total. The summed E-state index contributed by atoms with van der Waals surface area (Å²) in [4.78, 5) is 0. The van der Waals surface area contributed by atoms with Gasteiger partial charge in [-0.25, -0.2) is 0 Å². The number of rotatable bonds is 7. The van der Waals surface area contributed by atoms with Crippen molar-refractivity contribution in [1.29, 1.82) is 0 Å². The van der Waals surface area contributed by atoms with Crippen LogP contribution in [0.4, 0.5) is 0 Å². The van der Waals surface area contributed by atoms with E-state index in [9.17, 15) is 5.11 Å². The van der Waals surface area contributed by atoms with E-state index >= 15 is 0 Å². The molecule has 0 saturated carbocycles. The van der Waals surface area contributed by atoms with Crippen molar-refractivity contribution in [1.82, 2.24) is 5.32 Å². The Balaban J connectivity index is 2.72.